The maximum atomic E-state index is 12.8. The summed E-state index contributed by atoms with van der Waals surface area (Å²) < 4.78 is 38.1. The number of carbonyl (C=O) groups is 1. The van der Waals surface area contributed by atoms with Crippen LogP contribution >= 0.6 is 0 Å². The van der Waals surface area contributed by atoms with E-state index in [1.54, 1.807) is 42.5 Å². The van der Waals surface area contributed by atoms with Crippen molar-refractivity contribution in [1.29, 1.82) is 0 Å². The van der Waals surface area contributed by atoms with E-state index in [1.165, 1.54) is 14.2 Å². The quantitative estimate of drug-likeness (QED) is 0.747. The Morgan fingerprint density at radius 3 is 2.37 bits per heavy atom. The lowest BCUT2D eigenvalue weighted by Gasteiger charge is -2.20. The van der Waals surface area contributed by atoms with Gasteiger partial charge in [0, 0.05) is 23.9 Å². The topological polar surface area (TPSA) is 102 Å². The maximum absolute atomic E-state index is 12.8. The molecular weight excluding hydrogens is 370 g/mol. The molecule has 2 aromatic rings. The van der Waals surface area contributed by atoms with Crippen LogP contribution in [0.25, 0.3) is 0 Å². The van der Waals surface area contributed by atoms with Crippen LogP contribution < -0.4 is 15.2 Å². The van der Waals surface area contributed by atoms with Gasteiger partial charge < -0.3 is 15.2 Å². The number of nitrogen functional groups attached to an aromatic ring is 1. The molecule has 0 spiro atoms. The Bertz CT molecular complexity index is 944. The Labute approximate surface area is 158 Å². The Balaban J connectivity index is 1.82. The Morgan fingerprint density at radius 1 is 1.04 bits per heavy atom. The fourth-order valence-electron chi connectivity index (χ4n) is 2.85. The molecule has 27 heavy (non-hydrogen) atoms. The van der Waals surface area contributed by atoms with Crippen LogP contribution in [-0.4, -0.2) is 43.7 Å². The first-order valence-electron chi connectivity index (χ1n) is 8.21. The van der Waals surface area contributed by atoms with E-state index < -0.39 is 16.1 Å². The molecule has 0 unspecified atom stereocenters. The fraction of sp³-hybridized carbons (Fsp3) is 0.278. The highest BCUT2D eigenvalue weighted by atomic mass is 32.2. The fourth-order valence-corrected chi connectivity index (χ4v) is 4.33. The molecule has 1 saturated heterocycles. The number of nitrogens with zero attached hydrogens (tertiary/aromatic N) is 2. The predicted octanol–water partition coefficient (Wildman–Crippen LogP) is 1.38. The molecule has 1 fully saturated rings. The summed E-state index contributed by atoms with van der Waals surface area (Å²) in [4.78, 5) is 12.4. The normalized spacial score (nSPS) is 16.5. The standard InChI is InChI=1S/C18H21N3O5S/c1-25-16-8-5-14(17(9-16)26-2)11-21-18(22)12-20(27(21,23)24)10-13-3-6-15(19)7-4-13/h3-9H,10-12,19H2,1-2H3. The van der Waals surface area contributed by atoms with E-state index in [-0.39, 0.29) is 19.6 Å². The number of nitrogens with two attached hydrogens (primary N) is 1. The van der Waals surface area contributed by atoms with Gasteiger partial charge in [0.1, 0.15) is 11.5 Å². The third-order valence-electron chi connectivity index (χ3n) is 4.34. The van der Waals surface area contributed by atoms with Gasteiger partial charge >= 0.3 is 10.2 Å². The number of carbonyl (C=O) groups excluding carboxylic acids is 1. The highest BCUT2D eigenvalue weighted by Gasteiger charge is 2.42. The van der Waals surface area contributed by atoms with Crippen molar-refractivity contribution in [3.05, 3.63) is 53.6 Å². The van der Waals surface area contributed by atoms with Gasteiger partial charge in [0.2, 0.25) is 0 Å². The first kappa shape index (κ1) is 19.0. The molecule has 0 aromatic heterocycles. The predicted molar refractivity (Wildman–Crippen MR) is 100 cm³/mol. The molecule has 0 aliphatic carbocycles. The van der Waals surface area contributed by atoms with Crippen LogP contribution in [-0.2, 0) is 28.1 Å². The number of rotatable bonds is 6. The Hall–Kier alpha value is -2.78. The minimum Gasteiger partial charge on any atom is -0.497 e. The number of amides is 1. The molecular formula is C18H21N3O5S. The summed E-state index contributed by atoms with van der Waals surface area (Å²) in [6.45, 7) is -0.206. The van der Waals surface area contributed by atoms with E-state index in [1.807, 2.05) is 0 Å². The number of methoxy groups -OCH3 is 2. The first-order chi connectivity index (χ1) is 12.8. The molecule has 0 bridgehead atoms. The zero-order chi connectivity index (χ0) is 19.6. The lowest BCUT2D eigenvalue weighted by molar-refractivity contribution is -0.125. The molecule has 9 heteroatoms. The molecule has 3 rings (SSSR count). The molecule has 0 radical (unpaired) electrons. The van der Waals surface area contributed by atoms with Gasteiger partial charge in [0.05, 0.1) is 27.3 Å². The van der Waals surface area contributed by atoms with Crippen LogP contribution in [0.1, 0.15) is 11.1 Å². The third kappa shape index (κ3) is 3.83. The molecule has 144 valence electrons. The van der Waals surface area contributed by atoms with Crippen LogP contribution in [0.5, 0.6) is 11.5 Å². The molecule has 1 amide bonds. The summed E-state index contributed by atoms with van der Waals surface area (Å²) in [5.74, 6) is 0.550. The molecule has 1 heterocycles. The van der Waals surface area contributed by atoms with Crippen LogP contribution in [0.15, 0.2) is 42.5 Å². The summed E-state index contributed by atoms with van der Waals surface area (Å²) in [5, 5.41) is 0. The van der Waals surface area contributed by atoms with E-state index >= 15 is 0 Å². The zero-order valence-electron chi connectivity index (χ0n) is 15.1. The molecule has 2 aromatic carbocycles. The van der Waals surface area contributed by atoms with E-state index in [4.69, 9.17) is 15.2 Å². The number of hydrogen-bond donors (Lipinski definition) is 1. The molecule has 8 nitrogen and oxygen atoms in total. The van der Waals surface area contributed by atoms with E-state index in [0.29, 0.717) is 22.7 Å². The molecule has 2 N–H and O–H groups in total. The minimum absolute atomic E-state index is 0.102. The van der Waals surface area contributed by atoms with Crippen LogP contribution in [0.2, 0.25) is 0 Å². The second kappa shape index (κ2) is 7.45. The van der Waals surface area contributed by atoms with Crippen molar-refractivity contribution < 1.29 is 22.7 Å². The Kier molecular flexibility index (Phi) is 5.24. The average molecular weight is 391 g/mol. The van der Waals surface area contributed by atoms with Gasteiger partial charge in [-0.2, -0.15) is 12.7 Å². The van der Waals surface area contributed by atoms with Gasteiger partial charge in [0.15, 0.2) is 0 Å². The highest BCUT2D eigenvalue weighted by molar-refractivity contribution is 7.87. The van der Waals surface area contributed by atoms with Gasteiger partial charge in [-0.15, -0.1) is 0 Å². The van der Waals surface area contributed by atoms with Crippen LogP contribution in [0, 0.1) is 0 Å². The summed E-state index contributed by atoms with van der Waals surface area (Å²) in [7, 11) is -0.921. The number of hydrogen-bond acceptors (Lipinski definition) is 6. The van der Waals surface area contributed by atoms with E-state index in [2.05, 4.69) is 0 Å². The van der Waals surface area contributed by atoms with Crippen molar-refractivity contribution >= 4 is 21.8 Å². The van der Waals surface area contributed by atoms with Gasteiger partial charge in [-0.1, -0.05) is 12.1 Å². The summed E-state index contributed by atoms with van der Waals surface area (Å²) in [6, 6.07) is 11.9. The third-order valence-corrected chi connectivity index (χ3v) is 6.14. The molecule has 1 aliphatic heterocycles. The average Bonchev–Trinajstić information content (AvgIpc) is 2.86. The van der Waals surface area contributed by atoms with E-state index in [9.17, 15) is 13.2 Å². The number of ether oxygens (including phenoxy) is 2. The maximum Gasteiger partial charge on any atom is 0.307 e. The molecule has 0 saturated carbocycles. The number of anilines is 1. The second-order valence-electron chi connectivity index (χ2n) is 6.10. The second-order valence-corrected chi connectivity index (χ2v) is 7.95. The van der Waals surface area contributed by atoms with Crippen molar-refractivity contribution in [3.63, 3.8) is 0 Å². The van der Waals surface area contributed by atoms with Crippen molar-refractivity contribution in [1.82, 2.24) is 8.61 Å². The van der Waals surface area contributed by atoms with Gasteiger partial charge in [-0.25, -0.2) is 4.31 Å². The molecule has 1 aliphatic rings. The monoisotopic (exact) mass is 391 g/mol. The van der Waals surface area contributed by atoms with Gasteiger partial charge in [0.25, 0.3) is 5.91 Å². The summed E-state index contributed by atoms with van der Waals surface area (Å²) >= 11 is 0. The first-order valence-corrected chi connectivity index (χ1v) is 9.61. The Morgan fingerprint density at radius 2 is 1.74 bits per heavy atom. The van der Waals surface area contributed by atoms with Crippen LogP contribution in [0.3, 0.4) is 0 Å². The van der Waals surface area contributed by atoms with Gasteiger partial charge in [-0.05, 0) is 29.8 Å². The smallest absolute Gasteiger partial charge is 0.307 e. The SMILES string of the molecule is COc1ccc(CN2C(=O)CN(Cc3ccc(N)cc3)S2(=O)=O)c(OC)c1. The lowest BCUT2D eigenvalue weighted by Crippen LogP contribution is -2.33. The summed E-state index contributed by atoms with van der Waals surface area (Å²) in [5.41, 5.74) is 7.57. The number of benzene rings is 2. The molecule has 0 atom stereocenters. The summed E-state index contributed by atoms with van der Waals surface area (Å²) in [6.07, 6.45) is 0. The van der Waals surface area contributed by atoms with Crippen molar-refractivity contribution in [2.24, 2.45) is 0 Å². The minimum atomic E-state index is -3.93. The van der Waals surface area contributed by atoms with E-state index in [0.717, 1.165) is 14.2 Å². The van der Waals surface area contributed by atoms with Crippen molar-refractivity contribution in [3.8, 4) is 11.5 Å². The van der Waals surface area contributed by atoms with Crippen molar-refractivity contribution in [2.75, 3.05) is 26.5 Å². The lowest BCUT2D eigenvalue weighted by atomic mass is 10.2. The largest absolute Gasteiger partial charge is 0.497 e. The highest BCUT2D eigenvalue weighted by Crippen LogP contribution is 2.29. The zero-order valence-corrected chi connectivity index (χ0v) is 15.9. The van der Waals surface area contributed by atoms with Crippen molar-refractivity contribution in [2.45, 2.75) is 13.1 Å². The van der Waals surface area contributed by atoms with Crippen LogP contribution in [0.4, 0.5) is 5.69 Å². The van der Waals surface area contributed by atoms with Gasteiger partial charge in [-0.3, -0.25) is 4.79 Å².